The highest BCUT2D eigenvalue weighted by molar-refractivity contribution is 7.91. The fourth-order valence-corrected chi connectivity index (χ4v) is 3.63. The maximum atomic E-state index is 13.1. The summed E-state index contributed by atoms with van der Waals surface area (Å²) in [6.07, 6.45) is -7.65. The minimum atomic E-state index is -4.85. The van der Waals surface area contributed by atoms with E-state index >= 15 is 0 Å². The van der Waals surface area contributed by atoms with Crippen molar-refractivity contribution in [3.8, 4) is 11.5 Å². The van der Waals surface area contributed by atoms with Gasteiger partial charge in [0.1, 0.15) is 11.4 Å². The Labute approximate surface area is 179 Å². The van der Waals surface area contributed by atoms with Crippen LogP contribution in [0.4, 0.5) is 26.3 Å². The monoisotopic (exact) mass is 481 g/mol. The van der Waals surface area contributed by atoms with Crippen LogP contribution in [-0.4, -0.2) is 46.8 Å². The van der Waals surface area contributed by atoms with Crippen LogP contribution in [0.15, 0.2) is 39.9 Å². The smallest absolute Gasteiger partial charge is 0.307 e. The lowest BCUT2D eigenvalue weighted by atomic mass is 10.2. The SMILES string of the molecule is C=N/C(=C\C(=C/C)C(F)(F)F)c1nnc(-c2ncc(C(F)(F)F)cc2S(=O)(=O)CC)n1C. The number of alkyl halides is 6. The molecule has 0 aliphatic rings. The average molecular weight is 481 g/mol. The number of hydrogen-bond donors (Lipinski definition) is 0. The summed E-state index contributed by atoms with van der Waals surface area (Å²) in [6, 6.07) is 0.430. The molecule has 2 rings (SSSR count). The Balaban J connectivity index is 2.74. The first-order valence-electron chi connectivity index (χ1n) is 8.79. The zero-order chi connectivity index (χ0) is 24.5. The van der Waals surface area contributed by atoms with Crippen LogP contribution < -0.4 is 0 Å². The molecule has 0 saturated carbocycles. The molecule has 0 spiro atoms. The Morgan fingerprint density at radius 3 is 2.31 bits per heavy atom. The number of hydrogen-bond acceptors (Lipinski definition) is 6. The number of nitrogens with zero attached hydrogens (tertiary/aromatic N) is 5. The van der Waals surface area contributed by atoms with Gasteiger partial charge in [0.15, 0.2) is 21.5 Å². The molecule has 2 aromatic rings. The van der Waals surface area contributed by atoms with Crippen molar-refractivity contribution in [1.29, 1.82) is 0 Å². The lowest BCUT2D eigenvalue weighted by molar-refractivity contribution is -0.138. The molecule has 0 aromatic carbocycles. The number of allylic oxidation sites excluding steroid dienone is 3. The number of aromatic nitrogens is 4. The number of sulfone groups is 1. The van der Waals surface area contributed by atoms with Gasteiger partial charge in [-0.05, 0) is 25.8 Å². The van der Waals surface area contributed by atoms with E-state index in [1.54, 1.807) is 0 Å². The van der Waals surface area contributed by atoms with Crippen LogP contribution in [0.25, 0.3) is 17.2 Å². The highest BCUT2D eigenvalue weighted by Gasteiger charge is 2.35. The molecule has 0 aliphatic heterocycles. The summed E-state index contributed by atoms with van der Waals surface area (Å²) in [6.45, 7) is 5.61. The van der Waals surface area contributed by atoms with E-state index in [0.29, 0.717) is 18.3 Å². The van der Waals surface area contributed by atoms with E-state index in [-0.39, 0.29) is 17.3 Å². The molecule has 2 aromatic heterocycles. The lowest BCUT2D eigenvalue weighted by Crippen LogP contribution is -2.13. The molecule has 7 nitrogen and oxygen atoms in total. The van der Waals surface area contributed by atoms with Crippen LogP contribution in [0.5, 0.6) is 0 Å². The predicted octanol–water partition coefficient (Wildman–Crippen LogP) is 4.24. The van der Waals surface area contributed by atoms with Gasteiger partial charge < -0.3 is 4.57 Å². The van der Waals surface area contributed by atoms with Crippen LogP contribution in [0, 0.1) is 0 Å². The van der Waals surface area contributed by atoms with Gasteiger partial charge in [0.2, 0.25) is 0 Å². The van der Waals surface area contributed by atoms with Crippen molar-refractivity contribution in [2.45, 2.75) is 31.1 Å². The van der Waals surface area contributed by atoms with Crippen molar-refractivity contribution in [2.24, 2.45) is 12.0 Å². The molecule has 0 bridgehead atoms. The first kappa shape index (κ1) is 25.2. The van der Waals surface area contributed by atoms with E-state index in [9.17, 15) is 34.8 Å². The van der Waals surface area contributed by atoms with Gasteiger partial charge in [-0.1, -0.05) is 13.0 Å². The van der Waals surface area contributed by atoms with Gasteiger partial charge in [0.25, 0.3) is 0 Å². The Bertz CT molecular complexity index is 1190. The molecule has 2 heterocycles. The number of pyridine rings is 1. The van der Waals surface area contributed by atoms with E-state index in [1.807, 2.05) is 0 Å². The van der Waals surface area contributed by atoms with Crippen molar-refractivity contribution in [1.82, 2.24) is 19.7 Å². The number of rotatable bonds is 6. The van der Waals surface area contributed by atoms with Gasteiger partial charge in [0.05, 0.1) is 21.8 Å². The van der Waals surface area contributed by atoms with E-state index in [0.717, 1.165) is 17.6 Å². The second-order valence-corrected chi connectivity index (χ2v) is 8.55. The van der Waals surface area contributed by atoms with Crippen LogP contribution in [0.1, 0.15) is 25.2 Å². The lowest BCUT2D eigenvalue weighted by Gasteiger charge is -2.13. The zero-order valence-corrected chi connectivity index (χ0v) is 17.8. The summed E-state index contributed by atoms with van der Waals surface area (Å²) in [7, 11) is -2.92. The third-order valence-electron chi connectivity index (χ3n) is 4.31. The van der Waals surface area contributed by atoms with Crippen molar-refractivity contribution < 1.29 is 34.8 Å². The van der Waals surface area contributed by atoms with Gasteiger partial charge in [-0.25, -0.2) is 8.42 Å². The maximum Gasteiger partial charge on any atom is 0.417 e. The normalized spacial score (nSPS) is 14.0. The van der Waals surface area contributed by atoms with E-state index < -0.39 is 49.7 Å². The molecule has 0 aliphatic carbocycles. The predicted molar refractivity (Wildman–Crippen MR) is 104 cm³/mol. The Hall–Kier alpha value is -3.03. The van der Waals surface area contributed by atoms with E-state index in [1.165, 1.54) is 14.0 Å². The summed E-state index contributed by atoms with van der Waals surface area (Å²) < 4.78 is 104. The Morgan fingerprint density at radius 2 is 1.84 bits per heavy atom. The molecule has 0 fully saturated rings. The van der Waals surface area contributed by atoms with E-state index in [4.69, 9.17) is 0 Å². The van der Waals surface area contributed by atoms with Gasteiger partial charge >= 0.3 is 12.4 Å². The third-order valence-corrected chi connectivity index (χ3v) is 6.05. The van der Waals surface area contributed by atoms with Crippen LogP contribution in [-0.2, 0) is 23.1 Å². The standard InChI is InChI=1S/C18H17F6N5O2S/c1-5-10(17(19,20)21)7-12(25-3)15-27-28-16(29(15)4)14-13(32(30,31)6-2)8-11(9-26-14)18(22,23)24/h5,7-9H,3,6H2,1-2,4H3/b10-5+,12-7-. The maximum absolute atomic E-state index is 13.1. The summed E-state index contributed by atoms with van der Waals surface area (Å²) in [5.41, 5.74) is -3.12. The minimum absolute atomic E-state index is 0.236. The van der Waals surface area contributed by atoms with Gasteiger partial charge in [-0.3, -0.25) is 9.98 Å². The molecule has 14 heteroatoms. The van der Waals surface area contributed by atoms with Crippen LogP contribution in [0.2, 0.25) is 0 Å². The number of halogens is 6. The molecular weight excluding hydrogens is 464 g/mol. The van der Waals surface area contributed by atoms with Crippen molar-refractivity contribution >= 4 is 22.3 Å². The first-order valence-corrected chi connectivity index (χ1v) is 10.4. The van der Waals surface area contributed by atoms with Gasteiger partial charge in [-0.2, -0.15) is 26.3 Å². The quantitative estimate of drug-likeness (QED) is 0.350. The molecular formula is C18H17F6N5O2S. The topological polar surface area (TPSA) is 90.1 Å². The van der Waals surface area contributed by atoms with Crippen LogP contribution >= 0.6 is 0 Å². The molecule has 32 heavy (non-hydrogen) atoms. The highest BCUT2D eigenvalue weighted by Crippen LogP contribution is 2.35. The summed E-state index contributed by atoms with van der Waals surface area (Å²) in [5, 5.41) is 7.44. The molecule has 0 atom stereocenters. The second-order valence-electron chi connectivity index (χ2n) is 6.31. The largest absolute Gasteiger partial charge is 0.417 e. The molecule has 0 radical (unpaired) electrons. The average Bonchev–Trinajstić information content (AvgIpc) is 3.07. The molecule has 174 valence electrons. The van der Waals surface area contributed by atoms with E-state index in [2.05, 4.69) is 26.9 Å². The van der Waals surface area contributed by atoms with Crippen molar-refractivity contribution in [2.75, 3.05) is 5.75 Å². The molecule has 0 saturated heterocycles. The summed E-state index contributed by atoms with van der Waals surface area (Å²) >= 11 is 0. The number of aliphatic imine (C=N–C) groups is 1. The molecule has 0 N–H and O–H groups in total. The minimum Gasteiger partial charge on any atom is -0.307 e. The Kier molecular flexibility index (Phi) is 6.97. The van der Waals surface area contributed by atoms with Gasteiger partial charge in [0, 0.05) is 13.2 Å². The fraction of sp³-hybridized carbons (Fsp3) is 0.333. The summed E-state index contributed by atoms with van der Waals surface area (Å²) in [5.74, 6) is -1.05. The second kappa shape index (κ2) is 8.84. The summed E-state index contributed by atoms with van der Waals surface area (Å²) in [4.78, 5) is 6.41. The van der Waals surface area contributed by atoms with Crippen LogP contribution in [0.3, 0.4) is 0 Å². The highest BCUT2D eigenvalue weighted by atomic mass is 32.2. The van der Waals surface area contributed by atoms with Gasteiger partial charge in [-0.15, -0.1) is 10.2 Å². The zero-order valence-electron chi connectivity index (χ0n) is 17.0. The molecule has 0 amide bonds. The third kappa shape index (κ3) is 5.06. The van der Waals surface area contributed by atoms with Crippen molar-refractivity contribution in [3.63, 3.8) is 0 Å². The first-order chi connectivity index (χ1) is 14.7. The fourth-order valence-electron chi connectivity index (χ4n) is 2.58. The van der Waals surface area contributed by atoms with Crippen molar-refractivity contribution in [3.05, 3.63) is 41.4 Å². The molecule has 0 unspecified atom stereocenters. The Morgan fingerprint density at radius 1 is 1.22 bits per heavy atom.